The molecule has 0 spiro atoms. The molecule has 1 aromatic rings. The summed E-state index contributed by atoms with van der Waals surface area (Å²) in [5.41, 5.74) is 0.844. The van der Waals surface area contributed by atoms with Gasteiger partial charge in [-0.1, -0.05) is 11.6 Å². The van der Waals surface area contributed by atoms with Crippen LogP contribution in [0.3, 0.4) is 0 Å². The standard InChI is InChI=1S/C13H20ClNO2/c1-4-17-8-7-15(3)10(2)12-9-11(14)5-6-13(12)16/h5-6,9-10,16H,4,7-8H2,1-3H3. The van der Waals surface area contributed by atoms with E-state index in [1.165, 1.54) is 0 Å². The first kappa shape index (κ1) is 14.3. The number of aromatic hydroxyl groups is 1. The number of hydrogen-bond donors (Lipinski definition) is 1. The van der Waals surface area contributed by atoms with Crippen molar-refractivity contribution in [3.05, 3.63) is 28.8 Å². The van der Waals surface area contributed by atoms with Gasteiger partial charge in [0.2, 0.25) is 0 Å². The van der Waals surface area contributed by atoms with Crippen LogP contribution in [0.15, 0.2) is 18.2 Å². The van der Waals surface area contributed by atoms with Crippen molar-refractivity contribution in [1.29, 1.82) is 0 Å². The minimum absolute atomic E-state index is 0.106. The third-order valence-corrected chi connectivity index (χ3v) is 3.13. The van der Waals surface area contributed by atoms with Gasteiger partial charge in [0.25, 0.3) is 0 Å². The second-order valence-electron chi connectivity index (χ2n) is 4.06. The number of phenolic OH excluding ortho intramolecular Hbond substituents is 1. The minimum Gasteiger partial charge on any atom is -0.508 e. The SMILES string of the molecule is CCOCCN(C)C(C)c1cc(Cl)ccc1O. The molecule has 0 aliphatic rings. The van der Waals surface area contributed by atoms with Crippen LogP contribution >= 0.6 is 11.6 Å². The Labute approximate surface area is 108 Å². The Kier molecular flexibility index (Phi) is 5.75. The van der Waals surface area contributed by atoms with Gasteiger partial charge in [0.15, 0.2) is 0 Å². The van der Waals surface area contributed by atoms with Crippen LogP contribution in [0.1, 0.15) is 25.5 Å². The van der Waals surface area contributed by atoms with E-state index in [0.717, 1.165) is 18.7 Å². The van der Waals surface area contributed by atoms with Gasteiger partial charge in [-0.2, -0.15) is 0 Å². The van der Waals surface area contributed by atoms with Crippen LogP contribution in [-0.4, -0.2) is 36.8 Å². The van der Waals surface area contributed by atoms with Gasteiger partial charge >= 0.3 is 0 Å². The van der Waals surface area contributed by atoms with E-state index in [2.05, 4.69) is 4.90 Å². The quantitative estimate of drug-likeness (QED) is 0.795. The fourth-order valence-electron chi connectivity index (χ4n) is 1.64. The summed E-state index contributed by atoms with van der Waals surface area (Å²) in [4.78, 5) is 2.13. The zero-order chi connectivity index (χ0) is 12.8. The Morgan fingerprint density at radius 1 is 1.47 bits per heavy atom. The van der Waals surface area contributed by atoms with Gasteiger partial charge < -0.3 is 9.84 Å². The van der Waals surface area contributed by atoms with Gasteiger partial charge in [-0.3, -0.25) is 4.90 Å². The Morgan fingerprint density at radius 3 is 2.82 bits per heavy atom. The molecule has 96 valence electrons. The third-order valence-electron chi connectivity index (χ3n) is 2.89. The molecule has 1 atom stereocenters. The third kappa shape index (κ3) is 4.19. The first-order valence-electron chi connectivity index (χ1n) is 5.82. The highest BCUT2D eigenvalue weighted by Gasteiger charge is 2.15. The molecule has 0 amide bonds. The maximum atomic E-state index is 9.81. The highest BCUT2D eigenvalue weighted by Crippen LogP contribution is 2.29. The van der Waals surface area contributed by atoms with Crippen LogP contribution in [0.25, 0.3) is 0 Å². The molecule has 0 fully saturated rings. The fourth-order valence-corrected chi connectivity index (χ4v) is 1.82. The number of ether oxygens (including phenoxy) is 1. The number of nitrogens with zero attached hydrogens (tertiary/aromatic N) is 1. The highest BCUT2D eigenvalue weighted by molar-refractivity contribution is 6.30. The largest absolute Gasteiger partial charge is 0.508 e. The molecule has 0 saturated heterocycles. The molecular formula is C13H20ClNO2. The van der Waals surface area contributed by atoms with Crippen molar-refractivity contribution in [3.8, 4) is 5.75 Å². The van der Waals surface area contributed by atoms with Crippen molar-refractivity contribution in [2.24, 2.45) is 0 Å². The number of phenols is 1. The van der Waals surface area contributed by atoms with Crippen molar-refractivity contribution in [2.75, 3.05) is 26.8 Å². The maximum Gasteiger partial charge on any atom is 0.120 e. The molecule has 1 aromatic carbocycles. The molecule has 0 heterocycles. The van der Waals surface area contributed by atoms with Crippen LogP contribution in [-0.2, 0) is 4.74 Å². The lowest BCUT2D eigenvalue weighted by Crippen LogP contribution is -2.26. The lowest BCUT2D eigenvalue weighted by Gasteiger charge is -2.25. The van der Waals surface area contributed by atoms with E-state index in [4.69, 9.17) is 16.3 Å². The summed E-state index contributed by atoms with van der Waals surface area (Å²) in [6.07, 6.45) is 0. The number of likely N-dealkylation sites (N-methyl/N-ethyl adjacent to an activating group) is 1. The van der Waals surface area contributed by atoms with Crippen molar-refractivity contribution in [3.63, 3.8) is 0 Å². The topological polar surface area (TPSA) is 32.7 Å². The monoisotopic (exact) mass is 257 g/mol. The predicted octanol–water partition coefficient (Wildman–Crippen LogP) is 3.07. The van der Waals surface area contributed by atoms with Gasteiger partial charge in [0.05, 0.1) is 6.61 Å². The van der Waals surface area contributed by atoms with E-state index in [1.807, 2.05) is 20.9 Å². The second-order valence-corrected chi connectivity index (χ2v) is 4.49. The molecule has 1 unspecified atom stereocenters. The average molecular weight is 258 g/mol. The molecule has 0 saturated carbocycles. The molecule has 0 bridgehead atoms. The van der Waals surface area contributed by atoms with Gasteiger partial charge in [0, 0.05) is 29.8 Å². The zero-order valence-electron chi connectivity index (χ0n) is 10.6. The molecule has 1 N–H and O–H groups in total. The first-order chi connectivity index (χ1) is 8.06. The minimum atomic E-state index is 0.106. The number of hydrogen-bond acceptors (Lipinski definition) is 3. The highest BCUT2D eigenvalue weighted by atomic mass is 35.5. The molecule has 0 aliphatic heterocycles. The zero-order valence-corrected chi connectivity index (χ0v) is 11.4. The van der Waals surface area contributed by atoms with Crippen LogP contribution in [0, 0.1) is 0 Å². The van der Waals surface area contributed by atoms with Crippen LogP contribution in [0.4, 0.5) is 0 Å². The summed E-state index contributed by atoms with van der Waals surface area (Å²) >= 11 is 5.94. The molecular weight excluding hydrogens is 238 g/mol. The molecule has 0 radical (unpaired) electrons. The predicted molar refractivity (Wildman–Crippen MR) is 70.7 cm³/mol. The first-order valence-corrected chi connectivity index (χ1v) is 6.20. The van der Waals surface area contributed by atoms with E-state index in [0.29, 0.717) is 11.6 Å². The van der Waals surface area contributed by atoms with Crippen molar-refractivity contribution < 1.29 is 9.84 Å². The molecule has 0 aromatic heterocycles. The second kappa shape index (κ2) is 6.84. The summed E-state index contributed by atoms with van der Waals surface area (Å²) in [6.45, 7) is 6.26. The summed E-state index contributed by atoms with van der Waals surface area (Å²) < 4.78 is 5.31. The molecule has 4 heteroatoms. The summed E-state index contributed by atoms with van der Waals surface area (Å²) in [5.74, 6) is 0.283. The number of rotatable bonds is 6. The number of halogens is 1. The van der Waals surface area contributed by atoms with Gasteiger partial charge in [0.1, 0.15) is 5.75 Å². The smallest absolute Gasteiger partial charge is 0.120 e. The van der Waals surface area contributed by atoms with E-state index in [1.54, 1.807) is 18.2 Å². The van der Waals surface area contributed by atoms with Gasteiger partial charge in [-0.15, -0.1) is 0 Å². The molecule has 3 nitrogen and oxygen atoms in total. The van der Waals surface area contributed by atoms with Gasteiger partial charge in [-0.25, -0.2) is 0 Å². The van der Waals surface area contributed by atoms with Crippen molar-refractivity contribution in [1.82, 2.24) is 4.90 Å². The Balaban J connectivity index is 2.67. The molecule has 0 aliphatic carbocycles. The Hall–Kier alpha value is -0.770. The summed E-state index contributed by atoms with van der Waals surface area (Å²) in [6, 6.07) is 5.23. The Morgan fingerprint density at radius 2 is 2.18 bits per heavy atom. The van der Waals surface area contributed by atoms with Gasteiger partial charge in [-0.05, 0) is 39.1 Å². The normalized spacial score (nSPS) is 13.0. The van der Waals surface area contributed by atoms with Crippen LogP contribution in [0.2, 0.25) is 5.02 Å². The molecule has 17 heavy (non-hydrogen) atoms. The summed E-state index contributed by atoms with van der Waals surface area (Å²) in [5, 5.41) is 10.5. The van der Waals surface area contributed by atoms with E-state index in [-0.39, 0.29) is 11.8 Å². The fraction of sp³-hybridized carbons (Fsp3) is 0.538. The lowest BCUT2D eigenvalue weighted by molar-refractivity contribution is 0.110. The Bertz CT molecular complexity index is 357. The van der Waals surface area contributed by atoms with E-state index in [9.17, 15) is 5.11 Å². The van der Waals surface area contributed by atoms with E-state index < -0.39 is 0 Å². The van der Waals surface area contributed by atoms with Crippen LogP contribution < -0.4 is 0 Å². The molecule has 1 rings (SSSR count). The van der Waals surface area contributed by atoms with Crippen molar-refractivity contribution >= 4 is 11.6 Å². The van der Waals surface area contributed by atoms with E-state index >= 15 is 0 Å². The number of benzene rings is 1. The average Bonchev–Trinajstić information content (AvgIpc) is 2.31. The van der Waals surface area contributed by atoms with Crippen LogP contribution in [0.5, 0.6) is 5.75 Å². The van der Waals surface area contributed by atoms with Crippen molar-refractivity contribution in [2.45, 2.75) is 19.9 Å². The lowest BCUT2D eigenvalue weighted by atomic mass is 10.1. The summed E-state index contributed by atoms with van der Waals surface area (Å²) in [7, 11) is 2.00. The maximum absolute atomic E-state index is 9.81.